The minimum Gasteiger partial charge on any atom is -0.496 e. The third kappa shape index (κ3) is 2.34. The van der Waals surface area contributed by atoms with Crippen LogP contribution in [0.25, 0.3) is 0 Å². The summed E-state index contributed by atoms with van der Waals surface area (Å²) in [4.78, 5) is 0. The van der Waals surface area contributed by atoms with Crippen LogP contribution in [0.3, 0.4) is 0 Å². The molecule has 0 amide bonds. The molecule has 2 nitrogen and oxygen atoms in total. The summed E-state index contributed by atoms with van der Waals surface area (Å²) in [7, 11) is 1.55. The zero-order valence-electron chi connectivity index (χ0n) is 11.0. The first-order valence-electron chi connectivity index (χ1n) is 6.41. The smallest absolute Gasteiger partial charge is 0.123 e. The molecule has 0 saturated carbocycles. The molecule has 0 radical (unpaired) electrons. The van der Waals surface area contributed by atoms with Gasteiger partial charge < -0.3 is 9.47 Å². The Morgan fingerprint density at radius 3 is 2.85 bits per heavy atom. The Bertz CT molecular complexity index is 605. The summed E-state index contributed by atoms with van der Waals surface area (Å²) in [5.74, 6) is 1.09. The number of methoxy groups -OCH3 is 1. The first kappa shape index (κ1) is 13.3. The lowest BCUT2D eigenvalue weighted by molar-refractivity contribution is 0.225. The van der Waals surface area contributed by atoms with Crippen molar-refractivity contribution in [3.63, 3.8) is 0 Å². The predicted molar refractivity (Wildman–Crippen MR) is 76.1 cm³/mol. The van der Waals surface area contributed by atoms with Gasteiger partial charge in [-0.05, 0) is 29.8 Å². The van der Waals surface area contributed by atoms with Crippen LogP contribution in [0.4, 0.5) is 4.39 Å². The molecule has 0 saturated heterocycles. The van der Waals surface area contributed by atoms with Crippen LogP contribution < -0.4 is 9.47 Å². The average molecular weight is 293 g/mol. The number of alkyl halides is 1. The molecule has 0 bridgehead atoms. The second-order valence-corrected chi connectivity index (χ2v) is 5.23. The highest BCUT2D eigenvalue weighted by atomic mass is 35.5. The molecule has 2 aromatic rings. The molecule has 0 spiro atoms. The number of fused-ring (bicyclic) bond motifs is 1. The van der Waals surface area contributed by atoms with E-state index in [1.165, 1.54) is 12.1 Å². The van der Waals surface area contributed by atoms with E-state index in [1.807, 2.05) is 24.3 Å². The van der Waals surface area contributed by atoms with Crippen LogP contribution in [0.15, 0.2) is 42.5 Å². The minimum atomic E-state index is -0.465. The summed E-state index contributed by atoms with van der Waals surface area (Å²) < 4.78 is 24.5. The third-order valence-electron chi connectivity index (χ3n) is 3.49. The summed E-state index contributed by atoms with van der Waals surface area (Å²) in [6.45, 7) is 0. The van der Waals surface area contributed by atoms with E-state index < -0.39 is 5.38 Å². The molecule has 2 atom stereocenters. The maximum atomic E-state index is 13.4. The lowest BCUT2D eigenvalue weighted by Crippen LogP contribution is -2.20. The van der Waals surface area contributed by atoms with Crippen LogP contribution in [-0.4, -0.2) is 13.2 Å². The van der Waals surface area contributed by atoms with Gasteiger partial charge in [-0.25, -0.2) is 4.39 Å². The molecule has 2 unspecified atom stereocenters. The Morgan fingerprint density at radius 1 is 1.30 bits per heavy atom. The first-order chi connectivity index (χ1) is 9.69. The fourth-order valence-electron chi connectivity index (χ4n) is 2.49. The Morgan fingerprint density at radius 2 is 2.10 bits per heavy atom. The van der Waals surface area contributed by atoms with Gasteiger partial charge in [0.1, 0.15) is 23.4 Å². The summed E-state index contributed by atoms with van der Waals surface area (Å²) >= 11 is 6.49. The van der Waals surface area contributed by atoms with Crippen LogP contribution in [0.5, 0.6) is 11.5 Å². The maximum absolute atomic E-state index is 13.4. The van der Waals surface area contributed by atoms with Crippen molar-refractivity contribution in [1.82, 2.24) is 0 Å². The molecule has 2 aromatic carbocycles. The molecule has 0 aromatic heterocycles. The average Bonchev–Trinajstić information content (AvgIpc) is 2.90. The zero-order valence-corrected chi connectivity index (χ0v) is 11.7. The topological polar surface area (TPSA) is 18.5 Å². The van der Waals surface area contributed by atoms with E-state index in [0.717, 1.165) is 11.3 Å². The van der Waals surface area contributed by atoms with E-state index in [0.29, 0.717) is 17.7 Å². The molecule has 1 aliphatic rings. The van der Waals surface area contributed by atoms with Gasteiger partial charge in [-0.15, -0.1) is 11.6 Å². The minimum absolute atomic E-state index is 0.218. The zero-order chi connectivity index (χ0) is 14.1. The highest BCUT2D eigenvalue weighted by Crippen LogP contribution is 2.40. The third-order valence-corrected chi connectivity index (χ3v) is 4.00. The fourth-order valence-corrected chi connectivity index (χ4v) is 2.80. The van der Waals surface area contributed by atoms with Gasteiger partial charge >= 0.3 is 0 Å². The van der Waals surface area contributed by atoms with Crippen LogP contribution in [0.1, 0.15) is 16.5 Å². The van der Waals surface area contributed by atoms with Crippen LogP contribution >= 0.6 is 11.6 Å². The summed E-state index contributed by atoms with van der Waals surface area (Å²) in [5, 5.41) is -0.465. The predicted octanol–water partition coefficient (Wildman–Crippen LogP) is 4.12. The Balaban J connectivity index is 1.88. The fraction of sp³-hybridized carbons (Fsp3) is 0.250. The second kappa shape index (κ2) is 5.33. The molecule has 1 aliphatic heterocycles. The molecular weight excluding hydrogens is 279 g/mol. The van der Waals surface area contributed by atoms with Crippen molar-refractivity contribution in [2.45, 2.75) is 17.9 Å². The van der Waals surface area contributed by atoms with Crippen molar-refractivity contribution >= 4 is 11.6 Å². The lowest BCUT2D eigenvalue weighted by Gasteiger charge is -2.19. The van der Waals surface area contributed by atoms with Gasteiger partial charge in [-0.3, -0.25) is 0 Å². The van der Waals surface area contributed by atoms with Crippen LogP contribution in [-0.2, 0) is 6.42 Å². The molecule has 104 valence electrons. The van der Waals surface area contributed by atoms with E-state index in [9.17, 15) is 4.39 Å². The molecule has 4 heteroatoms. The van der Waals surface area contributed by atoms with E-state index in [-0.39, 0.29) is 11.9 Å². The van der Waals surface area contributed by atoms with E-state index in [4.69, 9.17) is 21.1 Å². The van der Waals surface area contributed by atoms with Crippen molar-refractivity contribution in [3.05, 3.63) is 59.4 Å². The monoisotopic (exact) mass is 292 g/mol. The van der Waals surface area contributed by atoms with E-state index in [1.54, 1.807) is 13.2 Å². The molecule has 0 N–H and O–H groups in total. The van der Waals surface area contributed by atoms with Crippen LogP contribution in [0.2, 0.25) is 0 Å². The number of para-hydroxylation sites is 1. The summed E-state index contributed by atoms with van der Waals surface area (Å²) in [6, 6.07) is 12.2. The largest absolute Gasteiger partial charge is 0.496 e. The number of ether oxygens (including phenoxy) is 2. The Labute approximate surface area is 122 Å². The van der Waals surface area contributed by atoms with E-state index >= 15 is 0 Å². The SMILES string of the molecule is COc1ccc(F)cc1C(Cl)C1Cc2ccccc2O1. The van der Waals surface area contributed by atoms with Gasteiger partial charge in [-0.2, -0.15) is 0 Å². The first-order valence-corrected chi connectivity index (χ1v) is 6.85. The molecule has 1 heterocycles. The van der Waals surface area contributed by atoms with Gasteiger partial charge in [0.2, 0.25) is 0 Å². The van der Waals surface area contributed by atoms with Crippen LogP contribution in [0, 0.1) is 5.82 Å². The van der Waals surface area contributed by atoms with Gasteiger partial charge in [0.15, 0.2) is 0 Å². The van der Waals surface area contributed by atoms with Crippen molar-refractivity contribution < 1.29 is 13.9 Å². The standard InChI is InChI=1S/C16H14ClFO2/c1-19-14-7-6-11(18)9-12(14)16(17)15-8-10-4-2-3-5-13(10)20-15/h2-7,9,15-16H,8H2,1H3. The summed E-state index contributed by atoms with van der Waals surface area (Å²) in [6.07, 6.45) is 0.495. The number of hydrogen-bond donors (Lipinski definition) is 0. The van der Waals surface area contributed by atoms with Crippen molar-refractivity contribution in [2.75, 3.05) is 7.11 Å². The Hall–Kier alpha value is -1.74. The van der Waals surface area contributed by atoms with Gasteiger partial charge in [0.05, 0.1) is 12.5 Å². The summed E-state index contributed by atoms with van der Waals surface area (Å²) in [5.41, 5.74) is 1.74. The number of hydrogen-bond acceptors (Lipinski definition) is 2. The molecule has 3 rings (SSSR count). The molecule has 20 heavy (non-hydrogen) atoms. The molecule has 0 fully saturated rings. The number of rotatable bonds is 3. The highest BCUT2D eigenvalue weighted by Gasteiger charge is 2.31. The van der Waals surface area contributed by atoms with Crippen molar-refractivity contribution in [2.24, 2.45) is 0 Å². The Kier molecular flexibility index (Phi) is 3.53. The normalized spacial score (nSPS) is 18.2. The second-order valence-electron chi connectivity index (χ2n) is 4.76. The van der Waals surface area contributed by atoms with Crippen molar-refractivity contribution in [3.8, 4) is 11.5 Å². The van der Waals surface area contributed by atoms with Gasteiger partial charge in [-0.1, -0.05) is 18.2 Å². The lowest BCUT2D eigenvalue weighted by atomic mass is 10.0. The van der Waals surface area contributed by atoms with Gasteiger partial charge in [0, 0.05) is 12.0 Å². The van der Waals surface area contributed by atoms with Crippen molar-refractivity contribution in [1.29, 1.82) is 0 Å². The quantitative estimate of drug-likeness (QED) is 0.792. The highest BCUT2D eigenvalue weighted by molar-refractivity contribution is 6.21. The maximum Gasteiger partial charge on any atom is 0.123 e. The molecular formula is C16H14ClFO2. The van der Waals surface area contributed by atoms with Gasteiger partial charge in [0.25, 0.3) is 0 Å². The number of halogens is 2. The number of benzene rings is 2. The van der Waals surface area contributed by atoms with E-state index in [2.05, 4.69) is 0 Å². The molecule has 0 aliphatic carbocycles.